The highest BCUT2D eigenvalue weighted by Gasteiger charge is 2.08. The summed E-state index contributed by atoms with van der Waals surface area (Å²) in [5, 5.41) is 10.0. The molecule has 0 amide bonds. The molecule has 0 aliphatic rings. The molecular weight excluding hydrogens is 338 g/mol. The lowest BCUT2D eigenvalue weighted by Crippen LogP contribution is -2.11. The van der Waals surface area contributed by atoms with Gasteiger partial charge in [-0.2, -0.15) is 5.26 Å². The van der Waals surface area contributed by atoms with Crippen molar-refractivity contribution in [3.05, 3.63) is 70.3 Å². The molecule has 5 heteroatoms. The van der Waals surface area contributed by atoms with Crippen molar-refractivity contribution >= 4 is 22.6 Å². The Balaban J connectivity index is 1.84. The summed E-state index contributed by atoms with van der Waals surface area (Å²) in [7, 11) is 0. The first-order valence-corrected chi connectivity index (χ1v) is 8.91. The molecule has 1 aromatic heterocycles. The van der Waals surface area contributed by atoms with Crippen LogP contribution in [0.15, 0.2) is 53.3 Å². The maximum atomic E-state index is 12.2. The first-order valence-electron chi connectivity index (χ1n) is 8.91. The molecule has 0 atom stereocenters. The van der Waals surface area contributed by atoms with Gasteiger partial charge >= 0.3 is 0 Å². The summed E-state index contributed by atoms with van der Waals surface area (Å²) in [6.07, 6.45) is 2.70. The van der Waals surface area contributed by atoms with E-state index in [0.717, 1.165) is 17.7 Å². The highest BCUT2D eigenvalue weighted by atomic mass is 16.5. The minimum Gasteiger partial charge on any atom is -0.494 e. The Labute approximate surface area is 158 Å². The molecule has 136 valence electrons. The van der Waals surface area contributed by atoms with Crippen molar-refractivity contribution in [2.24, 2.45) is 5.92 Å². The molecule has 2 aromatic carbocycles. The molecule has 5 nitrogen and oxygen atoms in total. The Kier molecular flexibility index (Phi) is 5.68. The fourth-order valence-corrected chi connectivity index (χ4v) is 2.61. The van der Waals surface area contributed by atoms with E-state index in [9.17, 15) is 10.1 Å². The van der Waals surface area contributed by atoms with Gasteiger partial charge in [0, 0.05) is 0 Å². The zero-order chi connectivity index (χ0) is 19.2. The van der Waals surface area contributed by atoms with Gasteiger partial charge in [0.15, 0.2) is 5.82 Å². The average molecular weight is 359 g/mol. The van der Waals surface area contributed by atoms with Crippen LogP contribution in [0.1, 0.15) is 31.7 Å². The standard InChI is InChI=1S/C22H21N3O2/c1-15(2)11-12-27-18-9-7-16(8-10-18)13-17(14-23)21-24-20-6-4-3-5-19(20)22(26)25-21/h3-10,13,15H,11-12H2,1-2H3,(H,24,25,26)/b17-13-. The van der Waals surface area contributed by atoms with Gasteiger partial charge in [-0.15, -0.1) is 0 Å². The highest BCUT2D eigenvalue weighted by Crippen LogP contribution is 2.19. The zero-order valence-electron chi connectivity index (χ0n) is 15.4. The van der Waals surface area contributed by atoms with E-state index in [1.54, 1.807) is 24.3 Å². The van der Waals surface area contributed by atoms with Gasteiger partial charge in [-0.05, 0) is 48.2 Å². The van der Waals surface area contributed by atoms with Gasteiger partial charge in [0.05, 0.1) is 23.1 Å². The SMILES string of the molecule is CC(C)CCOc1ccc(/C=C(/C#N)c2nc3ccccc3c(=O)[nH]2)cc1. The van der Waals surface area contributed by atoms with E-state index in [0.29, 0.717) is 29.0 Å². The molecule has 0 saturated heterocycles. The first kappa shape index (κ1) is 18.4. The molecule has 0 aliphatic carbocycles. The number of allylic oxidation sites excluding steroid dienone is 1. The van der Waals surface area contributed by atoms with E-state index in [4.69, 9.17) is 4.74 Å². The summed E-state index contributed by atoms with van der Waals surface area (Å²) in [4.78, 5) is 19.3. The van der Waals surface area contributed by atoms with Crippen LogP contribution in [0, 0.1) is 17.2 Å². The van der Waals surface area contributed by atoms with Crippen LogP contribution in [0.5, 0.6) is 5.75 Å². The van der Waals surface area contributed by atoms with Gasteiger partial charge in [-0.1, -0.05) is 38.1 Å². The van der Waals surface area contributed by atoms with E-state index in [2.05, 4.69) is 29.9 Å². The summed E-state index contributed by atoms with van der Waals surface area (Å²) in [5.74, 6) is 1.66. The predicted octanol–water partition coefficient (Wildman–Crippen LogP) is 4.41. The number of hydrogen-bond acceptors (Lipinski definition) is 4. The molecule has 0 aliphatic heterocycles. The number of ether oxygens (including phenoxy) is 1. The molecule has 1 N–H and O–H groups in total. The third-order valence-electron chi connectivity index (χ3n) is 4.14. The number of nitrogens with zero attached hydrogens (tertiary/aromatic N) is 2. The minimum atomic E-state index is -0.259. The minimum absolute atomic E-state index is 0.259. The second-order valence-electron chi connectivity index (χ2n) is 6.70. The van der Waals surface area contributed by atoms with E-state index < -0.39 is 0 Å². The lowest BCUT2D eigenvalue weighted by molar-refractivity contribution is 0.289. The lowest BCUT2D eigenvalue weighted by atomic mass is 10.1. The summed E-state index contributed by atoms with van der Waals surface area (Å²) in [6, 6.07) is 16.7. The molecule has 0 spiro atoms. The number of hydrogen-bond donors (Lipinski definition) is 1. The predicted molar refractivity (Wildman–Crippen MR) is 107 cm³/mol. The third-order valence-corrected chi connectivity index (χ3v) is 4.14. The smallest absolute Gasteiger partial charge is 0.259 e. The maximum absolute atomic E-state index is 12.2. The van der Waals surface area contributed by atoms with E-state index in [1.807, 2.05) is 30.3 Å². The number of nitrogens with one attached hydrogen (secondary N) is 1. The van der Waals surface area contributed by atoms with Crippen LogP contribution < -0.4 is 10.3 Å². The van der Waals surface area contributed by atoms with Crippen LogP contribution >= 0.6 is 0 Å². The molecule has 3 rings (SSSR count). The first-order chi connectivity index (χ1) is 13.1. The number of fused-ring (bicyclic) bond motifs is 1. The average Bonchev–Trinajstić information content (AvgIpc) is 2.67. The largest absolute Gasteiger partial charge is 0.494 e. The summed E-state index contributed by atoms with van der Waals surface area (Å²) < 4.78 is 5.71. The quantitative estimate of drug-likeness (QED) is 0.661. The van der Waals surface area contributed by atoms with Gasteiger partial charge in [-0.3, -0.25) is 4.79 Å². The number of H-pyrrole nitrogens is 1. The molecule has 0 bridgehead atoms. The lowest BCUT2D eigenvalue weighted by Gasteiger charge is -2.08. The Morgan fingerprint density at radius 3 is 2.67 bits per heavy atom. The van der Waals surface area contributed by atoms with E-state index >= 15 is 0 Å². The van der Waals surface area contributed by atoms with Crippen LogP contribution in [0.4, 0.5) is 0 Å². The Morgan fingerprint density at radius 1 is 1.22 bits per heavy atom. The topological polar surface area (TPSA) is 78.8 Å². The number of aromatic nitrogens is 2. The van der Waals surface area contributed by atoms with Crippen molar-refractivity contribution in [1.82, 2.24) is 9.97 Å². The monoisotopic (exact) mass is 359 g/mol. The van der Waals surface area contributed by atoms with Crippen LogP contribution in [0.2, 0.25) is 0 Å². The zero-order valence-corrected chi connectivity index (χ0v) is 15.4. The van der Waals surface area contributed by atoms with Crippen molar-refractivity contribution in [3.8, 4) is 11.8 Å². The second-order valence-corrected chi connectivity index (χ2v) is 6.70. The fraction of sp³-hybridized carbons (Fsp3) is 0.227. The van der Waals surface area contributed by atoms with Crippen LogP contribution in [0.3, 0.4) is 0 Å². The number of nitriles is 1. The molecule has 0 fully saturated rings. The molecule has 0 radical (unpaired) electrons. The Hall–Kier alpha value is -3.39. The van der Waals surface area contributed by atoms with Gasteiger partial charge in [0.2, 0.25) is 0 Å². The number of rotatable bonds is 6. The van der Waals surface area contributed by atoms with Crippen molar-refractivity contribution < 1.29 is 4.74 Å². The van der Waals surface area contributed by atoms with Crippen molar-refractivity contribution in [3.63, 3.8) is 0 Å². The molecule has 27 heavy (non-hydrogen) atoms. The van der Waals surface area contributed by atoms with E-state index in [1.165, 1.54) is 0 Å². The second kappa shape index (κ2) is 8.33. The van der Waals surface area contributed by atoms with Crippen molar-refractivity contribution in [1.29, 1.82) is 5.26 Å². The van der Waals surface area contributed by atoms with Crippen molar-refractivity contribution in [2.75, 3.05) is 6.61 Å². The Bertz CT molecular complexity index is 1060. The Morgan fingerprint density at radius 2 is 1.96 bits per heavy atom. The van der Waals surface area contributed by atoms with Crippen LogP contribution in [-0.4, -0.2) is 16.6 Å². The highest BCUT2D eigenvalue weighted by molar-refractivity contribution is 5.89. The van der Waals surface area contributed by atoms with Gasteiger partial charge < -0.3 is 9.72 Å². The fourth-order valence-electron chi connectivity index (χ4n) is 2.61. The summed E-state index contributed by atoms with van der Waals surface area (Å²) in [5.41, 5.74) is 1.43. The number of aromatic amines is 1. The third kappa shape index (κ3) is 4.62. The molecule has 0 unspecified atom stereocenters. The van der Waals surface area contributed by atoms with Crippen LogP contribution in [-0.2, 0) is 0 Å². The molecule has 1 heterocycles. The van der Waals surface area contributed by atoms with Crippen molar-refractivity contribution in [2.45, 2.75) is 20.3 Å². The van der Waals surface area contributed by atoms with Gasteiger partial charge in [0.1, 0.15) is 11.8 Å². The normalized spacial score (nSPS) is 11.6. The number of benzene rings is 2. The van der Waals surface area contributed by atoms with E-state index in [-0.39, 0.29) is 11.4 Å². The van der Waals surface area contributed by atoms with Gasteiger partial charge in [0.25, 0.3) is 5.56 Å². The van der Waals surface area contributed by atoms with Crippen LogP contribution in [0.25, 0.3) is 22.6 Å². The van der Waals surface area contributed by atoms with Gasteiger partial charge in [-0.25, -0.2) is 4.98 Å². The summed E-state index contributed by atoms with van der Waals surface area (Å²) in [6.45, 7) is 5.00. The maximum Gasteiger partial charge on any atom is 0.259 e. The number of para-hydroxylation sites is 1. The molecular formula is C22H21N3O2. The molecule has 3 aromatic rings. The summed E-state index contributed by atoms with van der Waals surface area (Å²) >= 11 is 0. The molecule has 0 saturated carbocycles.